The Morgan fingerprint density at radius 1 is 0.957 bits per heavy atom. The molecule has 0 fully saturated rings. The molecule has 0 amide bonds. The summed E-state index contributed by atoms with van der Waals surface area (Å²) in [5, 5.41) is 0. The van der Waals surface area contributed by atoms with Crippen molar-refractivity contribution >= 4 is 21.5 Å². The van der Waals surface area contributed by atoms with Crippen LogP contribution in [0.1, 0.15) is 19.8 Å². The molecular weight excluding hydrogens is 316 g/mol. The van der Waals surface area contributed by atoms with Crippen LogP contribution in [0.3, 0.4) is 0 Å². The average Bonchev–Trinajstić information content (AvgIpc) is 2.51. The molecule has 0 aromatic heterocycles. The molecule has 2 aromatic rings. The minimum Gasteiger partial charge on any atom is -0.494 e. The summed E-state index contributed by atoms with van der Waals surface area (Å²) in [6.45, 7) is 2.67. The number of rotatable bonds is 7. The Kier molecular flexibility index (Phi) is 5.33. The van der Waals surface area contributed by atoms with Crippen LogP contribution >= 0.6 is 0 Å². The first-order valence-corrected chi connectivity index (χ1v) is 8.65. The van der Waals surface area contributed by atoms with Crippen molar-refractivity contribution in [3.05, 3.63) is 42.5 Å². The van der Waals surface area contributed by atoms with Crippen molar-refractivity contribution < 1.29 is 17.3 Å². The predicted molar refractivity (Wildman–Crippen MR) is 89.9 cm³/mol. The summed E-state index contributed by atoms with van der Waals surface area (Å²) in [6.07, 6.45) is 1.98. The predicted octanol–water partition coefficient (Wildman–Crippen LogP) is 2.80. The van der Waals surface area contributed by atoms with Gasteiger partial charge >= 0.3 is 10.1 Å². The van der Waals surface area contributed by atoms with Gasteiger partial charge in [-0.25, -0.2) is 0 Å². The molecule has 7 heteroatoms. The maximum Gasteiger partial charge on any atom is 0.339 e. The molecule has 2 rings (SSSR count). The maximum absolute atomic E-state index is 12.2. The van der Waals surface area contributed by atoms with Gasteiger partial charge in [0.15, 0.2) is 0 Å². The summed E-state index contributed by atoms with van der Waals surface area (Å²) in [7, 11) is -3.94. The molecule has 0 radical (unpaired) electrons. The Balaban J connectivity index is 2.11. The van der Waals surface area contributed by atoms with Gasteiger partial charge in [0.2, 0.25) is 0 Å². The molecule has 0 heterocycles. The van der Waals surface area contributed by atoms with Gasteiger partial charge in [-0.2, -0.15) is 8.42 Å². The smallest absolute Gasteiger partial charge is 0.339 e. The van der Waals surface area contributed by atoms with E-state index in [1.165, 1.54) is 30.3 Å². The molecule has 2 aromatic carbocycles. The van der Waals surface area contributed by atoms with Crippen molar-refractivity contribution in [3.63, 3.8) is 0 Å². The molecule has 0 aliphatic rings. The van der Waals surface area contributed by atoms with E-state index < -0.39 is 10.1 Å². The van der Waals surface area contributed by atoms with Crippen molar-refractivity contribution in [2.24, 2.45) is 0 Å². The first-order chi connectivity index (χ1) is 10.9. The number of ether oxygens (including phenoxy) is 1. The van der Waals surface area contributed by atoms with Crippen molar-refractivity contribution in [1.29, 1.82) is 0 Å². The van der Waals surface area contributed by atoms with E-state index in [1.54, 1.807) is 12.1 Å². The number of hydrogen-bond acceptors (Lipinski definition) is 6. The van der Waals surface area contributed by atoms with E-state index in [4.69, 9.17) is 20.4 Å². The zero-order valence-electron chi connectivity index (χ0n) is 12.9. The summed E-state index contributed by atoms with van der Waals surface area (Å²) in [5.41, 5.74) is 11.9. The lowest BCUT2D eigenvalue weighted by atomic mass is 10.3. The summed E-state index contributed by atoms with van der Waals surface area (Å²) < 4.78 is 35.0. The number of benzene rings is 2. The van der Waals surface area contributed by atoms with Gasteiger partial charge in [0, 0.05) is 6.07 Å². The third kappa shape index (κ3) is 4.53. The fourth-order valence-electron chi connectivity index (χ4n) is 1.82. The number of nitrogen functional groups attached to an aromatic ring is 2. The largest absolute Gasteiger partial charge is 0.494 e. The summed E-state index contributed by atoms with van der Waals surface area (Å²) in [4.78, 5) is 0.0377. The van der Waals surface area contributed by atoms with Gasteiger partial charge in [-0.1, -0.05) is 13.3 Å². The molecule has 124 valence electrons. The van der Waals surface area contributed by atoms with Crippen molar-refractivity contribution in [2.45, 2.75) is 24.7 Å². The molecule has 4 N–H and O–H groups in total. The van der Waals surface area contributed by atoms with Gasteiger partial charge in [-0.15, -0.1) is 0 Å². The molecule has 0 unspecified atom stereocenters. The fourth-order valence-corrected chi connectivity index (χ4v) is 2.74. The van der Waals surface area contributed by atoms with Crippen LogP contribution in [0.2, 0.25) is 0 Å². The zero-order chi connectivity index (χ0) is 16.9. The van der Waals surface area contributed by atoms with Gasteiger partial charge in [-0.05, 0) is 42.8 Å². The van der Waals surface area contributed by atoms with E-state index in [2.05, 4.69) is 6.92 Å². The van der Waals surface area contributed by atoms with E-state index in [9.17, 15) is 8.42 Å². The second-order valence-corrected chi connectivity index (χ2v) is 6.55. The van der Waals surface area contributed by atoms with Crippen LogP contribution in [-0.4, -0.2) is 15.0 Å². The van der Waals surface area contributed by atoms with Crippen molar-refractivity contribution in [1.82, 2.24) is 0 Å². The number of hydrogen-bond donors (Lipinski definition) is 2. The molecule has 0 saturated heterocycles. The monoisotopic (exact) mass is 336 g/mol. The molecule has 23 heavy (non-hydrogen) atoms. The second kappa shape index (κ2) is 7.23. The normalized spacial score (nSPS) is 11.2. The Hall–Kier alpha value is -2.41. The van der Waals surface area contributed by atoms with Gasteiger partial charge in [0.1, 0.15) is 16.4 Å². The Labute approximate surface area is 136 Å². The van der Waals surface area contributed by atoms with Crippen LogP contribution in [0.15, 0.2) is 47.4 Å². The second-order valence-electron chi connectivity index (χ2n) is 5.00. The highest BCUT2D eigenvalue weighted by molar-refractivity contribution is 7.87. The molecule has 0 aliphatic heterocycles. The van der Waals surface area contributed by atoms with Crippen LogP contribution in [0, 0.1) is 0 Å². The molecule has 0 atom stereocenters. The standard InChI is InChI=1S/C16H20N2O4S/c1-2-3-10-21-12-4-7-14(8-5-12)23(19,20)22-13-6-9-15(17)16(18)11-13/h4-9,11H,2-3,10,17-18H2,1H3. The SMILES string of the molecule is CCCCOc1ccc(S(=O)(=O)Oc2ccc(N)c(N)c2)cc1. The number of nitrogens with two attached hydrogens (primary N) is 2. The summed E-state index contributed by atoms with van der Waals surface area (Å²) in [6, 6.07) is 10.4. The molecular formula is C16H20N2O4S. The van der Waals surface area contributed by atoms with E-state index in [1.807, 2.05) is 0 Å². The van der Waals surface area contributed by atoms with Gasteiger partial charge < -0.3 is 20.4 Å². The molecule has 0 bridgehead atoms. The van der Waals surface area contributed by atoms with Crippen LogP contribution < -0.4 is 20.4 Å². The quantitative estimate of drug-likeness (QED) is 0.458. The first kappa shape index (κ1) is 17.0. The van der Waals surface area contributed by atoms with Gasteiger partial charge in [0.05, 0.1) is 18.0 Å². The molecule has 6 nitrogen and oxygen atoms in total. The lowest BCUT2D eigenvalue weighted by molar-refractivity contribution is 0.309. The van der Waals surface area contributed by atoms with Crippen LogP contribution in [0.4, 0.5) is 11.4 Å². The maximum atomic E-state index is 12.2. The van der Waals surface area contributed by atoms with E-state index in [0.717, 1.165) is 12.8 Å². The number of anilines is 2. The third-order valence-corrected chi connectivity index (χ3v) is 4.40. The summed E-state index contributed by atoms with van der Waals surface area (Å²) >= 11 is 0. The lowest BCUT2D eigenvalue weighted by Gasteiger charge is -2.09. The average molecular weight is 336 g/mol. The van der Waals surface area contributed by atoms with Crippen LogP contribution in [0.25, 0.3) is 0 Å². The topological polar surface area (TPSA) is 105 Å². The van der Waals surface area contributed by atoms with Gasteiger partial charge in [0.25, 0.3) is 0 Å². The third-order valence-electron chi connectivity index (χ3n) is 3.14. The van der Waals surface area contributed by atoms with Crippen molar-refractivity contribution in [2.75, 3.05) is 18.1 Å². The van der Waals surface area contributed by atoms with E-state index >= 15 is 0 Å². The summed E-state index contributed by atoms with van der Waals surface area (Å²) in [5.74, 6) is 0.731. The van der Waals surface area contributed by atoms with Gasteiger partial charge in [-0.3, -0.25) is 0 Å². The lowest BCUT2D eigenvalue weighted by Crippen LogP contribution is -2.10. The Morgan fingerprint density at radius 3 is 2.22 bits per heavy atom. The van der Waals surface area contributed by atoms with Crippen molar-refractivity contribution in [3.8, 4) is 11.5 Å². The van der Waals surface area contributed by atoms with E-state index in [0.29, 0.717) is 18.0 Å². The Bertz CT molecular complexity index is 758. The van der Waals surface area contributed by atoms with E-state index in [-0.39, 0.29) is 16.3 Å². The number of unbranched alkanes of at least 4 members (excludes halogenated alkanes) is 1. The zero-order valence-corrected chi connectivity index (χ0v) is 13.7. The molecule has 0 saturated carbocycles. The highest BCUT2D eigenvalue weighted by atomic mass is 32.2. The molecule has 0 spiro atoms. The highest BCUT2D eigenvalue weighted by Gasteiger charge is 2.17. The van der Waals surface area contributed by atoms with Crippen LogP contribution in [-0.2, 0) is 10.1 Å². The minimum atomic E-state index is -3.94. The first-order valence-electron chi connectivity index (χ1n) is 7.24. The highest BCUT2D eigenvalue weighted by Crippen LogP contribution is 2.25. The molecule has 0 aliphatic carbocycles. The Morgan fingerprint density at radius 2 is 1.61 bits per heavy atom. The minimum absolute atomic E-state index is 0.0377. The van der Waals surface area contributed by atoms with Crippen LogP contribution in [0.5, 0.6) is 11.5 Å². The fraction of sp³-hybridized carbons (Fsp3) is 0.250.